The molecule has 0 saturated carbocycles. The van der Waals surface area contributed by atoms with Crippen LogP contribution in [0.15, 0.2) is 18.2 Å². The molecule has 31 heavy (non-hydrogen) atoms. The average Bonchev–Trinajstić information content (AvgIpc) is 2.73. The SMILES string of the molecule is CC(=O)Nc1ccc2c(c1)CC1(C(=O)N(C)C(=O)N(C)C1=O)[C@H]1CN(C(C)=O)CCN21. The topological polar surface area (TPSA) is 110 Å². The number of hydrogen-bond donors (Lipinski definition) is 1. The molecule has 1 atom stereocenters. The second-order valence-corrected chi connectivity index (χ2v) is 8.36. The Hall–Kier alpha value is -3.43. The van der Waals surface area contributed by atoms with Gasteiger partial charge in [-0.15, -0.1) is 0 Å². The number of amides is 6. The lowest BCUT2D eigenvalue weighted by Crippen LogP contribution is -2.74. The van der Waals surface area contributed by atoms with Crippen molar-refractivity contribution in [1.29, 1.82) is 0 Å². The number of carbonyl (C=O) groups excluding carboxylic acids is 5. The second-order valence-electron chi connectivity index (χ2n) is 8.36. The fraction of sp³-hybridized carbons (Fsp3) is 0.476. The molecule has 2 fully saturated rings. The molecule has 2 saturated heterocycles. The van der Waals surface area contributed by atoms with Gasteiger partial charge in [0, 0.05) is 59.0 Å². The summed E-state index contributed by atoms with van der Waals surface area (Å²) in [6.07, 6.45) is 0.0717. The minimum atomic E-state index is -1.55. The van der Waals surface area contributed by atoms with Gasteiger partial charge in [0.15, 0.2) is 5.41 Å². The maximum atomic E-state index is 13.5. The van der Waals surface area contributed by atoms with E-state index < -0.39 is 29.3 Å². The molecular formula is C21H25N5O5. The Labute approximate surface area is 179 Å². The third kappa shape index (κ3) is 2.96. The van der Waals surface area contributed by atoms with E-state index in [1.165, 1.54) is 27.9 Å². The van der Waals surface area contributed by atoms with Gasteiger partial charge in [0.25, 0.3) is 0 Å². The molecule has 1 aromatic carbocycles. The number of rotatable bonds is 1. The first-order valence-corrected chi connectivity index (χ1v) is 10.1. The van der Waals surface area contributed by atoms with Crippen LogP contribution in [0.3, 0.4) is 0 Å². The number of barbiturate groups is 1. The van der Waals surface area contributed by atoms with Crippen LogP contribution in [-0.2, 0) is 25.6 Å². The van der Waals surface area contributed by atoms with Crippen molar-refractivity contribution in [3.8, 4) is 0 Å². The molecule has 6 amide bonds. The van der Waals surface area contributed by atoms with E-state index in [4.69, 9.17) is 0 Å². The van der Waals surface area contributed by atoms with Crippen LogP contribution in [0.1, 0.15) is 19.4 Å². The summed E-state index contributed by atoms with van der Waals surface area (Å²) < 4.78 is 0. The van der Waals surface area contributed by atoms with Crippen LogP contribution in [0, 0.1) is 5.41 Å². The molecule has 1 spiro atoms. The molecule has 164 valence electrons. The van der Waals surface area contributed by atoms with Crippen molar-refractivity contribution in [2.75, 3.05) is 43.9 Å². The van der Waals surface area contributed by atoms with Crippen molar-refractivity contribution in [2.45, 2.75) is 26.3 Å². The fourth-order valence-electron chi connectivity index (χ4n) is 5.01. The second kappa shape index (κ2) is 7.07. The fourth-order valence-corrected chi connectivity index (χ4v) is 5.01. The van der Waals surface area contributed by atoms with Crippen molar-refractivity contribution in [2.24, 2.45) is 5.41 Å². The number of nitrogens with one attached hydrogen (secondary N) is 1. The molecule has 0 bridgehead atoms. The van der Waals surface area contributed by atoms with Gasteiger partial charge >= 0.3 is 6.03 Å². The molecule has 3 aliphatic heterocycles. The van der Waals surface area contributed by atoms with Gasteiger partial charge in [0.2, 0.25) is 23.6 Å². The van der Waals surface area contributed by atoms with Gasteiger partial charge in [0.05, 0.1) is 6.04 Å². The minimum absolute atomic E-state index is 0.0717. The minimum Gasteiger partial charge on any atom is -0.363 e. The Balaban J connectivity index is 1.88. The summed E-state index contributed by atoms with van der Waals surface area (Å²) in [7, 11) is 2.74. The maximum Gasteiger partial charge on any atom is 0.332 e. The van der Waals surface area contributed by atoms with E-state index in [9.17, 15) is 24.0 Å². The Kier molecular flexibility index (Phi) is 4.75. The van der Waals surface area contributed by atoms with E-state index in [2.05, 4.69) is 5.32 Å². The van der Waals surface area contributed by atoms with Crippen molar-refractivity contribution in [3.63, 3.8) is 0 Å². The number of urea groups is 1. The summed E-state index contributed by atoms with van der Waals surface area (Å²) in [5.74, 6) is -1.50. The molecule has 10 nitrogen and oxygen atoms in total. The highest BCUT2D eigenvalue weighted by molar-refractivity contribution is 6.20. The number of piperazine rings is 1. The molecule has 0 unspecified atom stereocenters. The van der Waals surface area contributed by atoms with Crippen LogP contribution in [0.25, 0.3) is 0 Å². The summed E-state index contributed by atoms with van der Waals surface area (Å²) in [6.45, 7) is 3.98. The monoisotopic (exact) mass is 427 g/mol. The summed E-state index contributed by atoms with van der Waals surface area (Å²) in [5, 5.41) is 2.73. The zero-order valence-electron chi connectivity index (χ0n) is 18.0. The Morgan fingerprint density at radius 2 is 1.68 bits per heavy atom. The molecule has 4 rings (SSSR count). The first-order valence-electron chi connectivity index (χ1n) is 10.1. The highest BCUT2D eigenvalue weighted by atomic mass is 16.2. The lowest BCUT2D eigenvalue weighted by Gasteiger charge is -2.56. The predicted octanol–water partition coefficient (Wildman–Crippen LogP) is 0.275. The molecule has 3 aliphatic rings. The standard InChI is InChI=1S/C21H25N5O5/c1-12(27)22-15-5-6-16-14(9-15)10-21(17-11-25(13(2)28)7-8-26(16)17)18(29)23(3)20(31)24(4)19(21)30/h5-6,9,17H,7-8,10-11H2,1-4H3,(H,22,27)/t17-/m1/s1. The van der Waals surface area contributed by atoms with Gasteiger partial charge in [0.1, 0.15) is 0 Å². The normalized spacial score (nSPS) is 22.5. The molecule has 0 aliphatic carbocycles. The lowest BCUT2D eigenvalue weighted by molar-refractivity contribution is -0.161. The molecule has 3 heterocycles. The van der Waals surface area contributed by atoms with Gasteiger partial charge in [-0.25, -0.2) is 4.79 Å². The first kappa shape index (κ1) is 20.8. The largest absolute Gasteiger partial charge is 0.363 e. The maximum absolute atomic E-state index is 13.5. The van der Waals surface area contributed by atoms with E-state index in [0.717, 1.165) is 21.1 Å². The van der Waals surface area contributed by atoms with Crippen LogP contribution in [0.2, 0.25) is 0 Å². The number of nitrogens with zero attached hydrogens (tertiary/aromatic N) is 4. The van der Waals surface area contributed by atoms with E-state index in [0.29, 0.717) is 18.8 Å². The van der Waals surface area contributed by atoms with Crippen molar-refractivity contribution in [3.05, 3.63) is 23.8 Å². The highest BCUT2D eigenvalue weighted by Gasteiger charge is 2.64. The highest BCUT2D eigenvalue weighted by Crippen LogP contribution is 2.47. The number of carbonyl (C=O) groups is 5. The number of fused-ring (bicyclic) bond motifs is 4. The Bertz CT molecular complexity index is 997. The summed E-state index contributed by atoms with van der Waals surface area (Å²) in [4.78, 5) is 68.7. The summed E-state index contributed by atoms with van der Waals surface area (Å²) in [6, 6.07) is 4.12. The average molecular weight is 427 g/mol. The third-order valence-corrected chi connectivity index (χ3v) is 6.52. The number of hydrogen-bond acceptors (Lipinski definition) is 6. The third-order valence-electron chi connectivity index (χ3n) is 6.52. The van der Waals surface area contributed by atoms with E-state index in [1.54, 1.807) is 17.0 Å². The van der Waals surface area contributed by atoms with Crippen molar-refractivity contribution in [1.82, 2.24) is 14.7 Å². The number of imide groups is 2. The summed E-state index contributed by atoms with van der Waals surface area (Å²) >= 11 is 0. The lowest BCUT2D eigenvalue weighted by atomic mass is 9.67. The molecule has 0 aromatic heterocycles. The summed E-state index contributed by atoms with van der Waals surface area (Å²) in [5.41, 5.74) is 0.607. The molecule has 1 aromatic rings. The van der Waals surface area contributed by atoms with E-state index >= 15 is 0 Å². The van der Waals surface area contributed by atoms with E-state index in [1.807, 2.05) is 11.0 Å². The molecular weight excluding hydrogens is 402 g/mol. The van der Waals surface area contributed by atoms with Crippen LogP contribution >= 0.6 is 0 Å². The number of benzene rings is 1. The van der Waals surface area contributed by atoms with Crippen LogP contribution < -0.4 is 10.2 Å². The zero-order valence-corrected chi connectivity index (χ0v) is 18.0. The van der Waals surface area contributed by atoms with Crippen LogP contribution in [0.5, 0.6) is 0 Å². The zero-order chi connectivity index (χ0) is 22.7. The molecule has 1 N–H and O–H groups in total. The molecule has 0 radical (unpaired) electrons. The predicted molar refractivity (Wildman–Crippen MR) is 111 cm³/mol. The quantitative estimate of drug-likeness (QED) is 0.645. The first-order chi connectivity index (χ1) is 14.6. The van der Waals surface area contributed by atoms with Gasteiger partial charge in [-0.2, -0.15) is 0 Å². The van der Waals surface area contributed by atoms with Gasteiger partial charge < -0.3 is 15.1 Å². The van der Waals surface area contributed by atoms with Gasteiger partial charge in [-0.1, -0.05) is 0 Å². The smallest absolute Gasteiger partial charge is 0.332 e. The van der Waals surface area contributed by atoms with Crippen molar-refractivity contribution >= 4 is 41.0 Å². The molecule has 10 heteroatoms. The van der Waals surface area contributed by atoms with Crippen LogP contribution in [0.4, 0.5) is 16.2 Å². The van der Waals surface area contributed by atoms with Crippen LogP contribution in [-0.4, -0.2) is 84.1 Å². The van der Waals surface area contributed by atoms with E-state index in [-0.39, 0.29) is 24.8 Å². The van der Waals surface area contributed by atoms with Gasteiger partial charge in [-0.05, 0) is 30.2 Å². The Morgan fingerprint density at radius 1 is 1.03 bits per heavy atom. The van der Waals surface area contributed by atoms with Gasteiger partial charge in [-0.3, -0.25) is 29.0 Å². The van der Waals surface area contributed by atoms with Crippen molar-refractivity contribution < 1.29 is 24.0 Å². The number of anilines is 2. The Morgan fingerprint density at radius 3 is 2.26 bits per heavy atom.